The number of nitrogens with zero attached hydrogens (tertiary/aromatic N) is 5. The maximum absolute atomic E-state index is 11.5. The summed E-state index contributed by atoms with van der Waals surface area (Å²) in [5.74, 6) is 1.01. The van der Waals surface area contributed by atoms with Crippen LogP contribution in [0.15, 0.2) is 33.9 Å². The first kappa shape index (κ1) is 18.1. The molecule has 0 bridgehead atoms. The van der Waals surface area contributed by atoms with E-state index >= 15 is 0 Å². The maximum Gasteiger partial charge on any atom is 0.337 e. The molecule has 136 valence electrons. The highest BCUT2D eigenvalue weighted by molar-refractivity contribution is 7.98. The van der Waals surface area contributed by atoms with Gasteiger partial charge in [0.25, 0.3) is 5.22 Å². The summed E-state index contributed by atoms with van der Waals surface area (Å²) in [6, 6.07) is 6.66. The Hall–Kier alpha value is -2.72. The Kier molecular flexibility index (Phi) is 5.64. The fourth-order valence-corrected chi connectivity index (χ4v) is 3.00. The molecule has 0 amide bonds. The van der Waals surface area contributed by atoms with Gasteiger partial charge in [0, 0.05) is 20.5 Å². The molecular weight excluding hydrogens is 358 g/mol. The molecule has 0 fully saturated rings. The Balaban J connectivity index is 1.94. The lowest BCUT2D eigenvalue weighted by Gasteiger charge is -2.08. The second kappa shape index (κ2) is 8.11. The lowest BCUT2D eigenvalue weighted by Crippen LogP contribution is -2.09. The molecule has 0 atom stereocenters. The van der Waals surface area contributed by atoms with E-state index in [1.807, 2.05) is 0 Å². The number of carbonyl (C=O) groups is 1. The summed E-state index contributed by atoms with van der Waals surface area (Å²) in [5.41, 5.74) is 0.601. The summed E-state index contributed by atoms with van der Waals surface area (Å²) < 4.78 is 12.0. The highest BCUT2D eigenvalue weighted by atomic mass is 32.2. The Bertz CT molecular complexity index is 908. The molecule has 1 N–H and O–H groups in total. The van der Waals surface area contributed by atoms with Crippen LogP contribution >= 0.6 is 11.8 Å². The molecule has 0 aliphatic carbocycles. The number of aromatic carboxylic acids is 1. The second-order valence-corrected chi connectivity index (χ2v) is 6.22. The first-order chi connectivity index (χ1) is 12.6. The Labute approximate surface area is 153 Å². The monoisotopic (exact) mass is 375 g/mol. The van der Waals surface area contributed by atoms with Crippen LogP contribution in [-0.4, -0.2) is 49.8 Å². The highest BCUT2D eigenvalue weighted by Crippen LogP contribution is 2.23. The average molecular weight is 375 g/mol. The minimum absolute atomic E-state index is 0.149. The number of ether oxygens (including phenoxy) is 1. The van der Waals surface area contributed by atoms with Crippen molar-refractivity contribution in [3.05, 3.63) is 47.4 Å². The van der Waals surface area contributed by atoms with Crippen molar-refractivity contribution in [1.29, 1.82) is 0 Å². The zero-order valence-corrected chi connectivity index (χ0v) is 15.1. The summed E-state index contributed by atoms with van der Waals surface area (Å²) in [5, 5.41) is 22.1. The highest BCUT2D eigenvalue weighted by Gasteiger charge is 2.18. The summed E-state index contributed by atoms with van der Waals surface area (Å²) in [6.45, 7) is 2.19. The Morgan fingerprint density at radius 3 is 2.85 bits per heavy atom. The number of benzene rings is 1. The normalized spacial score (nSPS) is 11.0. The van der Waals surface area contributed by atoms with E-state index in [-0.39, 0.29) is 5.56 Å². The molecule has 3 aromatic rings. The second-order valence-electron chi connectivity index (χ2n) is 5.30. The number of para-hydroxylation sites is 1. The molecule has 2 heterocycles. The molecule has 2 aromatic heterocycles. The molecule has 0 aliphatic heterocycles. The van der Waals surface area contributed by atoms with E-state index in [4.69, 9.17) is 9.15 Å². The van der Waals surface area contributed by atoms with Crippen LogP contribution in [-0.2, 0) is 16.9 Å². The van der Waals surface area contributed by atoms with Crippen molar-refractivity contribution >= 4 is 17.7 Å². The SMILES string of the molecule is COCCc1nc(CSc2nnc(C)o2)n(-c2ccccc2C(=O)O)n1. The van der Waals surface area contributed by atoms with Crippen molar-refractivity contribution < 1.29 is 19.1 Å². The number of carboxylic acid groups (broad SMARTS) is 1. The molecular formula is C16H17N5O4S. The Morgan fingerprint density at radius 1 is 1.35 bits per heavy atom. The van der Waals surface area contributed by atoms with Gasteiger partial charge in [0.1, 0.15) is 5.82 Å². The topological polar surface area (TPSA) is 116 Å². The van der Waals surface area contributed by atoms with E-state index in [0.29, 0.717) is 47.2 Å². The van der Waals surface area contributed by atoms with Gasteiger partial charge in [0.2, 0.25) is 5.89 Å². The van der Waals surface area contributed by atoms with Crippen LogP contribution in [0.1, 0.15) is 27.9 Å². The number of hydrogen-bond acceptors (Lipinski definition) is 8. The van der Waals surface area contributed by atoms with Gasteiger partial charge in [0.05, 0.1) is 23.6 Å². The fourth-order valence-electron chi connectivity index (χ4n) is 2.28. The summed E-state index contributed by atoms with van der Waals surface area (Å²) in [7, 11) is 1.60. The lowest BCUT2D eigenvalue weighted by atomic mass is 10.2. The standard InChI is InChI=1S/C16H17N5O4S/c1-10-18-19-16(25-10)26-9-14-17-13(7-8-24-2)20-21(14)12-6-4-3-5-11(12)15(22)23/h3-6H,7-9H2,1-2H3,(H,22,23). The average Bonchev–Trinajstić information content (AvgIpc) is 3.24. The predicted molar refractivity (Wildman–Crippen MR) is 92.5 cm³/mol. The van der Waals surface area contributed by atoms with Crippen LogP contribution in [0.2, 0.25) is 0 Å². The van der Waals surface area contributed by atoms with Gasteiger partial charge in [-0.25, -0.2) is 14.5 Å². The van der Waals surface area contributed by atoms with Gasteiger partial charge in [0.15, 0.2) is 5.82 Å². The van der Waals surface area contributed by atoms with E-state index in [0.717, 1.165) is 0 Å². The van der Waals surface area contributed by atoms with Gasteiger partial charge in [-0.1, -0.05) is 23.9 Å². The molecule has 0 unspecified atom stereocenters. The van der Waals surface area contributed by atoms with Crippen LogP contribution in [0.5, 0.6) is 0 Å². The molecule has 0 radical (unpaired) electrons. The molecule has 0 spiro atoms. The van der Waals surface area contributed by atoms with Crippen molar-refractivity contribution in [3.63, 3.8) is 0 Å². The van der Waals surface area contributed by atoms with Gasteiger partial charge in [-0.2, -0.15) is 5.10 Å². The minimum atomic E-state index is -1.03. The number of aryl methyl sites for hydroxylation is 1. The van der Waals surface area contributed by atoms with Gasteiger partial charge < -0.3 is 14.3 Å². The molecule has 9 nitrogen and oxygen atoms in total. The van der Waals surface area contributed by atoms with Crippen molar-refractivity contribution in [2.24, 2.45) is 0 Å². The van der Waals surface area contributed by atoms with Crippen molar-refractivity contribution in [1.82, 2.24) is 25.0 Å². The first-order valence-corrected chi connectivity index (χ1v) is 8.76. The van der Waals surface area contributed by atoms with E-state index in [9.17, 15) is 9.90 Å². The van der Waals surface area contributed by atoms with Crippen LogP contribution in [0.3, 0.4) is 0 Å². The number of hydrogen-bond donors (Lipinski definition) is 1. The van der Waals surface area contributed by atoms with Crippen molar-refractivity contribution in [3.8, 4) is 5.69 Å². The maximum atomic E-state index is 11.5. The quantitative estimate of drug-likeness (QED) is 0.591. The Morgan fingerprint density at radius 2 is 2.15 bits per heavy atom. The van der Waals surface area contributed by atoms with Crippen LogP contribution in [0.4, 0.5) is 0 Å². The van der Waals surface area contributed by atoms with E-state index in [1.54, 1.807) is 36.9 Å². The van der Waals surface area contributed by atoms with Gasteiger partial charge >= 0.3 is 5.97 Å². The van der Waals surface area contributed by atoms with Crippen LogP contribution in [0, 0.1) is 6.92 Å². The van der Waals surface area contributed by atoms with E-state index in [2.05, 4.69) is 20.3 Å². The van der Waals surface area contributed by atoms with Crippen molar-refractivity contribution in [2.45, 2.75) is 24.3 Å². The number of carboxylic acids is 1. The van der Waals surface area contributed by atoms with Crippen LogP contribution in [0.25, 0.3) is 5.69 Å². The fraction of sp³-hybridized carbons (Fsp3) is 0.312. The molecule has 0 saturated heterocycles. The molecule has 3 rings (SSSR count). The van der Waals surface area contributed by atoms with E-state index in [1.165, 1.54) is 17.8 Å². The lowest BCUT2D eigenvalue weighted by molar-refractivity contribution is 0.0696. The largest absolute Gasteiger partial charge is 0.478 e. The first-order valence-electron chi connectivity index (χ1n) is 7.78. The predicted octanol–water partition coefficient (Wildman–Crippen LogP) is 2.14. The number of aromatic nitrogens is 5. The smallest absolute Gasteiger partial charge is 0.337 e. The molecule has 0 aliphatic rings. The van der Waals surface area contributed by atoms with Gasteiger partial charge in [-0.05, 0) is 12.1 Å². The summed E-state index contributed by atoms with van der Waals surface area (Å²) in [4.78, 5) is 16.1. The number of methoxy groups -OCH3 is 1. The third-order valence-electron chi connectivity index (χ3n) is 3.44. The zero-order valence-electron chi connectivity index (χ0n) is 14.2. The molecule has 10 heteroatoms. The molecule has 26 heavy (non-hydrogen) atoms. The van der Waals surface area contributed by atoms with Gasteiger partial charge in [-0.3, -0.25) is 0 Å². The third-order valence-corrected chi connectivity index (χ3v) is 4.26. The third kappa shape index (κ3) is 4.09. The van der Waals surface area contributed by atoms with Crippen molar-refractivity contribution in [2.75, 3.05) is 13.7 Å². The summed E-state index contributed by atoms with van der Waals surface area (Å²) in [6.07, 6.45) is 0.524. The molecule has 0 saturated carbocycles. The minimum Gasteiger partial charge on any atom is -0.478 e. The number of rotatable bonds is 8. The van der Waals surface area contributed by atoms with Crippen LogP contribution < -0.4 is 0 Å². The zero-order chi connectivity index (χ0) is 18.5. The van der Waals surface area contributed by atoms with Gasteiger partial charge in [-0.15, -0.1) is 10.2 Å². The number of thioether (sulfide) groups is 1. The molecule has 1 aromatic carbocycles. The summed E-state index contributed by atoms with van der Waals surface area (Å²) >= 11 is 1.31. The van der Waals surface area contributed by atoms with E-state index < -0.39 is 5.97 Å².